The van der Waals surface area contributed by atoms with E-state index in [9.17, 15) is 4.79 Å². The van der Waals surface area contributed by atoms with Crippen LogP contribution in [0.5, 0.6) is 0 Å². The topological polar surface area (TPSA) is 26.3 Å². The van der Waals surface area contributed by atoms with Crippen LogP contribution in [-0.2, 0) is 9.22 Å². The van der Waals surface area contributed by atoms with Crippen LogP contribution in [0.1, 0.15) is 71.6 Å². The summed E-state index contributed by atoms with van der Waals surface area (Å²) in [5.74, 6) is 0.924. The van der Waals surface area contributed by atoms with Gasteiger partial charge in [0.25, 0.3) is 0 Å². The molecule has 20 heavy (non-hydrogen) atoms. The van der Waals surface area contributed by atoms with Gasteiger partial charge in [0, 0.05) is 18.3 Å². The molecule has 0 spiro atoms. The average molecular weight is 318 g/mol. The maximum Gasteiger partial charge on any atom is 0.205 e. The fraction of sp³-hybridized carbons (Fsp3) is 0.938. The summed E-state index contributed by atoms with van der Waals surface area (Å²) in [5, 5.41) is 0.371. The molecule has 1 atom stereocenters. The predicted octanol–water partition coefficient (Wildman–Crippen LogP) is 5.43. The van der Waals surface area contributed by atoms with Crippen molar-refractivity contribution in [3.63, 3.8) is 0 Å². The fourth-order valence-electron chi connectivity index (χ4n) is 2.17. The number of hydrogen-bond donors (Lipinski definition) is 0. The van der Waals surface area contributed by atoms with Gasteiger partial charge in [-0.3, -0.25) is 4.79 Å². The smallest absolute Gasteiger partial charge is 0.205 e. The van der Waals surface area contributed by atoms with Crippen molar-refractivity contribution in [2.45, 2.75) is 90.8 Å². The van der Waals surface area contributed by atoms with Gasteiger partial charge in [0.05, 0.1) is 0 Å². The zero-order chi connectivity index (χ0) is 15.2. The summed E-state index contributed by atoms with van der Waals surface area (Å²) in [6.07, 6.45) is 10.6. The van der Waals surface area contributed by atoms with Gasteiger partial charge in [-0.2, -0.15) is 0 Å². The van der Waals surface area contributed by atoms with Crippen LogP contribution in [0.25, 0.3) is 0 Å². The summed E-state index contributed by atoms with van der Waals surface area (Å²) in [6, 6.07) is 0. The van der Waals surface area contributed by atoms with E-state index in [-0.39, 0.29) is 0 Å². The molecule has 0 saturated carbocycles. The quantitative estimate of drug-likeness (QED) is 0.334. The molecule has 0 aromatic carbocycles. The lowest BCUT2D eigenvalue weighted by molar-refractivity contribution is -0.111. The lowest BCUT2D eigenvalue weighted by Gasteiger charge is -2.19. The Morgan fingerprint density at radius 1 is 1.05 bits per heavy atom. The van der Waals surface area contributed by atoms with Gasteiger partial charge >= 0.3 is 0 Å². The molecule has 119 valence electrons. The van der Waals surface area contributed by atoms with E-state index in [0.717, 1.165) is 37.9 Å². The molecular weight excluding hydrogens is 284 g/mol. The fourth-order valence-corrected chi connectivity index (χ4v) is 3.97. The zero-order valence-corrected chi connectivity index (χ0v) is 15.7. The third-order valence-electron chi connectivity index (χ3n) is 3.20. The summed E-state index contributed by atoms with van der Waals surface area (Å²) in [4.78, 5) is 11.8. The Morgan fingerprint density at radius 3 is 2.35 bits per heavy atom. The first kappa shape index (κ1) is 20.2. The number of rotatable bonds is 13. The van der Waals surface area contributed by atoms with Crippen LogP contribution < -0.4 is 0 Å². The van der Waals surface area contributed by atoms with Gasteiger partial charge in [0.15, 0.2) is 5.12 Å². The van der Waals surface area contributed by atoms with E-state index >= 15 is 0 Å². The first-order valence-electron chi connectivity index (χ1n) is 8.22. The molecule has 0 amide bonds. The molecule has 0 N–H and O–H groups in total. The van der Waals surface area contributed by atoms with Gasteiger partial charge in [0.1, 0.15) is 0 Å². The molecule has 0 aliphatic heterocycles. The van der Waals surface area contributed by atoms with Crippen LogP contribution in [-0.4, -0.2) is 26.0 Å². The van der Waals surface area contributed by atoms with E-state index in [4.69, 9.17) is 4.43 Å². The lowest BCUT2D eigenvalue weighted by atomic mass is 10.1. The van der Waals surface area contributed by atoms with Crippen molar-refractivity contribution in [3.05, 3.63) is 0 Å². The highest BCUT2D eigenvalue weighted by molar-refractivity contribution is 8.13. The third kappa shape index (κ3) is 13.2. The molecule has 0 aliphatic carbocycles. The van der Waals surface area contributed by atoms with Gasteiger partial charge in [-0.05, 0) is 32.4 Å². The van der Waals surface area contributed by atoms with Crippen molar-refractivity contribution in [1.29, 1.82) is 0 Å². The second-order valence-corrected chi connectivity index (χ2v) is 8.81. The van der Waals surface area contributed by atoms with E-state index < -0.39 is 9.04 Å². The Labute approximate surface area is 132 Å². The molecule has 0 saturated heterocycles. The summed E-state index contributed by atoms with van der Waals surface area (Å²) >= 11 is 1.51. The van der Waals surface area contributed by atoms with Crippen molar-refractivity contribution in [3.8, 4) is 0 Å². The third-order valence-corrected chi connectivity index (χ3v) is 4.97. The minimum atomic E-state index is -0.622. The average Bonchev–Trinajstić information content (AvgIpc) is 2.38. The Balaban J connectivity index is 3.61. The molecule has 0 heterocycles. The number of carbonyl (C=O) groups excluding carboxylic acids is 1. The van der Waals surface area contributed by atoms with Crippen LogP contribution in [0.4, 0.5) is 0 Å². The molecule has 0 aromatic heterocycles. The minimum absolute atomic E-state index is 0.369. The molecule has 2 nitrogen and oxygen atoms in total. The highest BCUT2D eigenvalue weighted by Crippen LogP contribution is 2.16. The maximum absolute atomic E-state index is 11.8. The largest absolute Gasteiger partial charge is 0.414 e. The second kappa shape index (κ2) is 14.1. The lowest BCUT2D eigenvalue weighted by Crippen LogP contribution is -2.21. The van der Waals surface area contributed by atoms with Gasteiger partial charge in [-0.15, -0.1) is 0 Å². The zero-order valence-electron chi connectivity index (χ0n) is 13.9. The highest BCUT2D eigenvalue weighted by Gasteiger charge is 2.12. The van der Waals surface area contributed by atoms with Gasteiger partial charge in [-0.25, -0.2) is 0 Å². The van der Waals surface area contributed by atoms with E-state index in [0.29, 0.717) is 11.2 Å². The van der Waals surface area contributed by atoms with Crippen LogP contribution >= 0.6 is 11.8 Å². The summed E-state index contributed by atoms with van der Waals surface area (Å²) in [6.45, 7) is 8.78. The second-order valence-electron chi connectivity index (χ2n) is 5.61. The first-order valence-corrected chi connectivity index (χ1v) is 11.6. The van der Waals surface area contributed by atoms with Gasteiger partial charge < -0.3 is 4.43 Å². The minimum Gasteiger partial charge on any atom is -0.414 e. The summed E-state index contributed by atoms with van der Waals surface area (Å²) in [7, 11) is -0.622. The van der Waals surface area contributed by atoms with Crippen molar-refractivity contribution < 1.29 is 9.22 Å². The number of thioether (sulfide) groups is 1. The summed E-state index contributed by atoms with van der Waals surface area (Å²) in [5.41, 5.74) is 0. The van der Waals surface area contributed by atoms with E-state index in [2.05, 4.69) is 26.9 Å². The van der Waals surface area contributed by atoms with E-state index in [1.807, 2.05) is 0 Å². The molecule has 0 aliphatic rings. The Morgan fingerprint density at radius 2 is 1.75 bits per heavy atom. The maximum atomic E-state index is 11.8. The Bertz CT molecular complexity index is 235. The van der Waals surface area contributed by atoms with Crippen molar-refractivity contribution in [2.75, 3.05) is 5.75 Å². The molecule has 0 aromatic rings. The van der Waals surface area contributed by atoms with E-state index in [1.54, 1.807) is 0 Å². The number of hydrogen-bond acceptors (Lipinski definition) is 3. The number of unbranched alkanes of at least 4 members (excludes halogenated alkanes) is 4. The van der Waals surface area contributed by atoms with Gasteiger partial charge in [-0.1, -0.05) is 57.7 Å². The molecule has 1 radical (unpaired) electrons. The Hall–Kier alpha value is 0.197. The van der Waals surface area contributed by atoms with Crippen molar-refractivity contribution in [1.82, 2.24) is 0 Å². The van der Waals surface area contributed by atoms with E-state index in [1.165, 1.54) is 37.4 Å². The molecule has 4 heteroatoms. The normalized spacial score (nSPS) is 12.8. The van der Waals surface area contributed by atoms with Crippen LogP contribution in [0.15, 0.2) is 0 Å². The molecular formula is C16H33O2SSi. The van der Waals surface area contributed by atoms with Crippen LogP contribution in [0.3, 0.4) is 0 Å². The highest BCUT2D eigenvalue weighted by atomic mass is 32.2. The summed E-state index contributed by atoms with van der Waals surface area (Å²) < 4.78 is 5.98. The van der Waals surface area contributed by atoms with Gasteiger partial charge in [0.2, 0.25) is 9.04 Å². The predicted molar refractivity (Wildman–Crippen MR) is 92.7 cm³/mol. The SMILES string of the molecule is CCCCCCCC(=O)SCCC(CCC)O[Si](C)C. The monoisotopic (exact) mass is 317 g/mol. The first-order chi connectivity index (χ1) is 9.60. The van der Waals surface area contributed by atoms with Crippen molar-refractivity contribution >= 4 is 25.9 Å². The molecule has 0 rings (SSSR count). The Kier molecular flexibility index (Phi) is 14.3. The number of carbonyl (C=O) groups is 1. The molecule has 0 bridgehead atoms. The van der Waals surface area contributed by atoms with Crippen LogP contribution in [0, 0.1) is 0 Å². The molecule has 0 fully saturated rings. The van der Waals surface area contributed by atoms with Crippen LogP contribution in [0.2, 0.25) is 13.1 Å². The van der Waals surface area contributed by atoms with Crippen molar-refractivity contribution in [2.24, 2.45) is 0 Å². The standard InChI is InChI=1S/C16H33O2SSi/c1-5-7-8-9-10-12-16(17)19-14-13-15(11-6-2)18-20(3)4/h15H,5-14H2,1-4H3. The molecule has 1 unspecified atom stereocenters.